The lowest BCUT2D eigenvalue weighted by atomic mass is 9.96. The fourth-order valence-electron chi connectivity index (χ4n) is 3.69. The fourth-order valence-corrected chi connectivity index (χ4v) is 4.53. The van der Waals surface area contributed by atoms with Crippen molar-refractivity contribution in [1.29, 1.82) is 0 Å². The molecule has 1 aliphatic carbocycles. The number of nitrogens with zero attached hydrogens (tertiary/aromatic N) is 1. The van der Waals surface area contributed by atoms with E-state index in [0.29, 0.717) is 12.6 Å². The van der Waals surface area contributed by atoms with E-state index in [2.05, 4.69) is 71.5 Å². The molecule has 0 atom stereocenters. The van der Waals surface area contributed by atoms with E-state index in [1.807, 2.05) is 0 Å². The Bertz CT molecular complexity index is 941. The standard InChI is InChI=1S/C24H27N3OS/c1-17-7-11-19(12-8-17)22-16-29-23(27-22)20-13-9-18(10-14-20)15-25-24(28)26-21-5-3-2-4-6-21/h7-14,16,21H,2-6,15H2,1H3,(H2,25,26,28). The maximum absolute atomic E-state index is 12.1. The van der Waals surface area contributed by atoms with Gasteiger partial charge in [0, 0.05) is 29.1 Å². The number of thiazole rings is 1. The molecule has 150 valence electrons. The maximum Gasteiger partial charge on any atom is 0.315 e. The summed E-state index contributed by atoms with van der Waals surface area (Å²) in [4.78, 5) is 16.9. The van der Waals surface area contributed by atoms with E-state index in [1.54, 1.807) is 11.3 Å². The van der Waals surface area contributed by atoms with Crippen molar-refractivity contribution < 1.29 is 4.79 Å². The predicted molar refractivity (Wildman–Crippen MR) is 120 cm³/mol. The number of amides is 2. The number of carbonyl (C=O) groups is 1. The normalized spacial score (nSPS) is 14.5. The molecule has 2 amide bonds. The summed E-state index contributed by atoms with van der Waals surface area (Å²) in [6.45, 7) is 2.62. The lowest BCUT2D eigenvalue weighted by Gasteiger charge is -2.22. The van der Waals surface area contributed by atoms with Crippen LogP contribution in [0.2, 0.25) is 0 Å². The summed E-state index contributed by atoms with van der Waals surface area (Å²) in [6, 6.07) is 17.0. The molecule has 1 saturated carbocycles. The second-order valence-electron chi connectivity index (χ2n) is 7.76. The average Bonchev–Trinajstić information content (AvgIpc) is 3.24. The molecule has 0 saturated heterocycles. The highest BCUT2D eigenvalue weighted by atomic mass is 32.1. The minimum atomic E-state index is -0.0661. The number of rotatable bonds is 5. The second-order valence-corrected chi connectivity index (χ2v) is 8.62. The van der Waals surface area contributed by atoms with Crippen molar-refractivity contribution in [2.75, 3.05) is 0 Å². The van der Waals surface area contributed by atoms with Gasteiger partial charge in [-0.05, 0) is 25.3 Å². The van der Waals surface area contributed by atoms with Crippen LogP contribution >= 0.6 is 11.3 Å². The van der Waals surface area contributed by atoms with Gasteiger partial charge in [-0.3, -0.25) is 0 Å². The molecule has 3 aromatic rings. The number of aryl methyl sites for hydroxylation is 1. The smallest absolute Gasteiger partial charge is 0.315 e. The summed E-state index contributed by atoms with van der Waals surface area (Å²) in [5.74, 6) is 0. The Kier molecular flexibility index (Phi) is 6.25. The Morgan fingerprint density at radius 2 is 1.69 bits per heavy atom. The van der Waals surface area contributed by atoms with Crippen LogP contribution in [0.25, 0.3) is 21.8 Å². The zero-order chi connectivity index (χ0) is 20.1. The summed E-state index contributed by atoms with van der Waals surface area (Å²) in [5.41, 5.74) is 5.59. The highest BCUT2D eigenvalue weighted by molar-refractivity contribution is 7.13. The van der Waals surface area contributed by atoms with Crippen LogP contribution in [0, 0.1) is 6.92 Å². The third-order valence-corrected chi connectivity index (χ3v) is 6.34. The Morgan fingerprint density at radius 1 is 1.00 bits per heavy atom. The molecule has 1 heterocycles. The Hall–Kier alpha value is -2.66. The van der Waals surface area contributed by atoms with Gasteiger partial charge >= 0.3 is 6.03 Å². The summed E-state index contributed by atoms with van der Waals surface area (Å²) < 4.78 is 0. The van der Waals surface area contributed by atoms with E-state index in [-0.39, 0.29) is 6.03 Å². The molecule has 0 unspecified atom stereocenters. The van der Waals surface area contributed by atoms with Crippen LogP contribution in [0.1, 0.15) is 43.2 Å². The molecule has 29 heavy (non-hydrogen) atoms. The number of benzene rings is 2. The first kappa shape index (κ1) is 19.6. The highest BCUT2D eigenvalue weighted by Crippen LogP contribution is 2.29. The van der Waals surface area contributed by atoms with Crippen LogP contribution in [-0.4, -0.2) is 17.1 Å². The zero-order valence-corrected chi connectivity index (χ0v) is 17.6. The lowest BCUT2D eigenvalue weighted by molar-refractivity contribution is 0.232. The Labute approximate surface area is 176 Å². The van der Waals surface area contributed by atoms with Gasteiger partial charge < -0.3 is 10.6 Å². The molecule has 0 aliphatic heterocycles. The summed E-state index contributed by atoms with van der Waals surface area (Å²) in [5, 5.41) is 9.17. The van der Waals surface area contributed by atoms with Crippen LogP contribution in [-0.2, 0) is 6.54 Å². The van der Waals surface area contributed by atoms with Crippen molar-refractivity contribution in [1.82, 2.24) is 15.6 Å². The van der Waals surface area contributed by atoms with E-state index >= 15 is 0 Å². The van der Waals surface area contributed by atoms with Crippen LogP contribution in [0.3, 0.4) is 0 Å². The molecule has 2 aromatic carbocycles. The van der Waals surface area contributed by atoms with Gasteiger partial charge in [-0.15, -0.1) is 11.3 Å². The fraction of sp³-hybridized carbons (Fsp3) is 0.333. The maximum atomic E-state index is 12.1. The number of nitrogens with one attached hydrogen (secondary N) is 2. The van der Waals surface area contributed by atoms with Crippen molar-refractivity contribution in [3.8, 4) is 21.8 Å². The minimum Gasteiger partial charge on any atom is -0.335 e. The van der Waals surface area contributed by atoms with Gasteiger partial charge in [0.2, 0.25) is 0 Å². The first-order valence-corrected chi connectivity index (χ1v) is 11.2. The summed E-state index contributed by atoms with van der Waals surface area (Å²) in [6.07, 6.45) is 5.92. The third-order valence-electron chi connectivity index (χ3n) is 5.45. The predicted octanol–water partition coefficient (Wildman–Crippen LogP) is 5.92. The first-order chi connectivity index (χ1) is 14.2. The van der Waals surface area contributed by atoms with E-state index in [0.717, 1.165) is 40.2 Å². The summed E-state index contributed by atoms with van der Waals surface area (Å²) in [7, 11) is 0. The number of hydrogen-bond acceptors (Lipinski definition) is 3. The largest absolute Gasteiger partial charge is 0.335 e. The quantitative estimate of drug-likeness (QED) is 0.554. The number of carbonyl (C=O) groups excluding carboxylic acids is 1. The molecule has 1 aliphatic rings. The first-order valence-electron chi connectivity index (χ1n) is 10.3. The van der Waals surface area contributed by atoms with Crippen molar-refractivity contribution >= 4 is 17.4 Å². The van der Waals surface area contributed by atoms with Gasteiger partial charge in [0.1, 0.15) is 5.01 Å². The number of hydrogen-bond donors (Lipinski definition) is 2. The third kappa shape index (κ3) is 5.24. The molecule has 1 fully saturated rings. The van der Waals surface area contributed by atoms with Crippen molar-refractivity contribution in [2.45, 2.75) is 51.6 Å². The molecule has 5 heteroatoms. The minimum absolute atomic E-state index is 0.0661. The van der Waals surface area contributed by atoms with Gasteiger partial charge in [0.05, 0.1) is 5.69 Å². The molecule has 1 aromatic heterocycles. The SMILES string of the molecule is Cc1ccc(-c2csc(-c3ccc(CNC(=O)NC4CCCCC4)cc3)n2)cc1. The molecule has 0 radical (unpaired) electrons. The Morgan fingerprint density at radius 3 is 2.41 bits per heavy atom. The van der Waals surface area contributed by atoms with E-state index in [9.17, 15) is 4.79 Å². The van der Waals surface area contributed by atoms with Gasteiger partial charge in [-0.1, -0.05) is 73.4 Å². The second kappa shape index (κ2) is 9.23. The molecular formula is C24H27N3OS. The molecule has 2 N–H and O–H groups in total. The van der Waals surface area contributed by atoms with Gasteiger partial charge in [0.25, 0.3) is 0 Å². The van der Waals surface area contributed by atoms with Crippen LogP contribution in [0.15, 0.2) is 53.9 Å². The number of aromatic nitrogens is 1. The molecule has 0 bridgehead atoms. The zero-order valence-electron chi connectivity index (χ0n) is 16.8. The highest BCUT2D eigenvalue weighted by Gasteiger charge is 2.15. The van der Waals surface area contributed by atoms with Crippen molar-refractivity contribution in [3.05, 3.63) is 65.0 Å². The topological polar surface area (TPSA) is 54.0 Å². The van der Waals surface area contributed by atoms with Crippen LogP contribution in [0.4, 0.5) is 4.79 Å². The van der Waals surface area contributed by atoms with Crippen LogP contribution < -0.4 is 10.6 Å². The van der Waals surface area contributed by atoms with Crippen molar-refractivity contribution in [2.24, 2.45) is 0 Å². The van der Waals surface area contributed by atoms with Crippen molar-refractivity contribution in [3.63, 3.8) is 0 Å². The Balaban J connectivity index is 1.33. The molecule has 0 spiro atoms. The van der Waals surface area contributed by atoms with E-state index < -0.39 is 0 Å². The number of urea groups is 1. The van der Waals surface area contributed by atoms with E-state index in [1.165, 1.54) is 24.8 Å². The molecular weight excluding hydrogens is 378 g/mol. The van der Waals surface area contributed by atoms with Gasteiger partial charge in [0.15, 0.2) is 0 Å². The average molecular weight is 406 g/mol. The molecule has 4 rings (SSSR count). The van der Waals surface area contributed by atoms with E-state index in [4.69, 9.17) is 4.98 Å². The summed E-state index contributed by atoms with van der Waals surface area (Å²) >= 11 is 1.65. The lowest BCUT2D eigenvalue weighted by Crippen LogP contribution is -2.42. The van der Waals surface area contributed by atoms with Crippen LogP contribution in [0.5, 0.6) is 0 Å². The van der Waals surface area contributed by atoms with Gasteiger partial charge in [-0.25, -0.2) is 9.78 Å². The monoisotopic (exact) mass is 405 g/mol. The molecule has 4 nitrogen and oxygen atoms in total. The van der Waals surface area contributed by atoms with Gasteiger partial charge in [-0.2, -0.15) is 0 Å².